The molecule has 0 radical (unpaired) electrons. The quantitative estimate of drug-likeness (QED) is 0.665. The molecule has 0 bridgehead atoms. The minimum atomic E-state index is -0.257. The van der Waals surface area contributed by atoms with Gasteiger partial charge in [0.25, 0.3) is 5.91 Å². The van der Waals surface area contributed by atoms with Gasteiger partial charge in [0, 0.05) is 17.8 Å². The highest BCUT2D eigenvalue weighted by atomic mass is 79.9. The van der Waals surface area contributed by atoms with Gasteiger partial charge < -0.3 is 15.4 Å². The molecule has 0 fully saturated rings. The van der Waals surface area contributed by atoms with E-state index in [0.717, 1.165) is 4.47 Å². The van der Waals surface area contributed by atoms with Gasteiger partial charge in [-0.1, -0.05) is 33.8 Å². The molecular weight excluding hydrogens is 408 g/mol. The zero-order valence-electron chi connectivity index (χ0n) is 16.1. The molecule has 0 aromatic heterocycles. The molecule has 0 saturated carbocycles. The molecule has 144 valence electrons. The van der Waals surface area contributed by atoms with Crippen LogP contribution in [0.2, 0.25) is 0 Å². The highest BCUT2D eigenvalue weighted by Gasteiger charge is 2.15. The highest BCUT2D eigenvalue weighted by Crippen LogP contribution is 2.31. The summed E-state index contributed by atoms with van der Waals surface area (Å²) in [5.41, 5.74) is 2.56. The molecule has 0 atom stereocenters. The minimum absolute atomic E-state index is 0.0428. The maximum atomic E-state index is 12.1. The van der Waals surface area contributed by atoms with E-state index in [1.165, 1.54) is 5.56 Å². The van der Waals surface area contributed by atoms with Gasteiger partial charge in [0.15, 0.2) is 6.61 Å². The first-order valence-electron chi connectivity index (χ1n) is 8.81. The van der Waals surface area contributed by atoms with Crippen LogP contribution in [-0.2, 0) is 15.0 Å². The molecule has 2 aromatic rings. The zero-order chi connectivity index (χ0) is 20.0. The van der Waals surface area contributed by atoms with Gasteiger partial charge in [0.05, 0.1) is 4.47 Å². The third-order valence-corrected chi connectivity index (χ3v) is 4.55. The van der Waals surface area contributed by atoms with Crippen molar-refractivity contribution >= 4 is 39.1 Å². The number of halogens is 1. The van der Waals surface area contributed by atoms with Crippen molar-refractivity contribution in [3.8, 4) is 5.75 Å². The lowest BCUT2D eigenvalue weighted by Crippen LogP contribution is -2.20. The summed E-state index contributed by atoms with van der Waals surface area (Å²) < 4.78 is 6.43. The number of rotatable bonds is 6. The SMILES string of the molecule is CCC(=O)Nc1ccc(NC(=O)COc2ccc(C(C)(C)C)cc2Br)cc1. The third kappa shape index (κ3) is 6.40. The van der Waals surface area contributed by atoms with Crippen LogP contribution in [0.15, 0.2) is 46.9 Å². The normalized spacial score (nSPS) is 11.0. The standard InChI is InChI=1S/C21H25BrN2O3/c1-5-19(25)23-15-7-9-16(10-8-15)24-20(26)13-27-18-11-6-14(12-17(18)22)21(2,3)4/h6-12H,5,13H2,1-4H3,(H,23,25)(H,24,26). The maximum Gasteiger partial charge on any atom is 0.262 e. The molecule has 2 aromatic carbocycles. The van der Waals surface area contributed by atoms with E-state index in [4.69, 9.17) is 4.74 Å². The Kier molecular flexibility index (Phi) is 7.02. The number of amides is 2. The zero-order valence-corrected chi connectivity index (χ0v) is 17.6. The van der Waals surface area contributed by atoms with E-state index in [9.17, 15) is 9.59 Å². The van der Waals surface area contributed by atoms with Gasteiger partial charge in [-0.3, -0.25) is 9.59 Å². The Labute approximate surface area is 168 Å². The minimum Gasteiger partial charge on any atom is -0.483 e. The highest BCUT2D eigenvalue weighted by molar-refractivity contribution is 9.10. The van der Waals surface area contributed by atoms with Crippen LogP contribution in [0.3, 0.4) is 0 Å². The Bertz CT molecular complexity index is 811. The second-order valence-electron chi connectivity index (χ2n) is 7.21. The van der Waals surface area contributed by atoms with Crippen molar-refractivity contribution in [2.45, 2.75) is 39.5 Å². The van der Waals surface area contributed by atoms with E-state index in [0.29, 0.717) is 23.5 Å². The summed E-state index contributed by atoms with van der Waals surface area (Å²) in [7, 11) is 0. The van der Waals surface area contributed by atoms with Crippen LogP contribution in [0, 0.1) is 0 Å². The molecule has 0 heterocycles. The topological polar surface area (TPSA) is 67.4 Å². The molecule has 2 amide bonds. The van der Waals surface area contributed by atoms with Gasteiger partial charge in [-0.2, -0.15) is 0 Å². The van der Waals surface area contributed by atoms with Crippen LogP contribution in [0.5, 0.6) is 5.75 Å². The Morgan fingerprint density at radius 1 is 0.963 bits per heavy atom. The predicted molar refractivity (Wildman–Crippen MR) is 112 cm³/mol. The van der Waals surface area contributed by atoms with Crippen LogP contribution < -0.4 is 15.4 Å². The Balaban J connectivity index is 1.90. The second-order valence-corrected chi connectivity index (χ2v) is 8.07. The van der Waals surface area contributed by atoms with Crippen LogP contribution in [-0.4, -0.2) is 18.4 Å². The van der Waals surface area contributed by atoms with Crippen molar-refractivity contribution in [2.24, 2.45) is 0 Å². The first-order chi connectivity index (χ1) is 12.7. The molecule has 6 heteroatoms. The molecule has 0 aliphatic rings. The van der Waals surface area contributed by atoms with Crippen molar-refractivity contribution in [2.75, 3.05) is 17.2 Å². The Morgan fingerprint density at radius 3 is 2.00 bits per heavy atom. The first kappa shape index (κ1) is 21.0. The number of nitrogens with one attached hydrogen (secondary N) is 2. The maximum absolute atomic E-state index is 12.1. The van der Waals surface area contributed by atoms with E-state index in [-0.39, 0.29) is 23.8 Å². The molecule has 0 unspecified atom stereocenters. The molecule has 0 saturated heterocycles. The van der Waals surface area contributed by atoms with E-state index in [1.54, 1.807) is 31.2 Å². The smallest absolute Gasteiger partial charge is 0.262 e. The van der Waals surface area contributed by atoms with Gasteiger partial charge in [-0.25, -0.2) is 0 Å². The fourth-order valence-corrected chi connectivity index (χ4v) is 2.80. The van der Waals surface area contributed by atoms with Crippen molar-refractivity contribution in [3.05, 3.63) is 52.5 Å². The van der Waals surface area contributed by atoms with E-state index < -0.39 is 0 Å². The number of hydrogen-bond acceptors (Lipinski definition) is 3. The lowest BCUT2D eigenvalue weighted by atomic mass is 9.87. The molecule has 27 heavy (non-hydrogen) atoms. The fraction of sp³-hybridized carbons (Fsp3) is 0.333. The average Bonchev–Trinajstić information content (AvgIpc) is 2.61. The van der Waals surface area contributed by atoms with Crippen LogP contribution in [0.4, 0.5) is 11.4 Å². The predicted octanol–water partition coefficient (Wildman–Crippen LogP) is 5.11. The number of ether oxygens (including phenoxy) is 1. The summed E-state index contributed by atoms with van der Waals surface area (Å²) in [4.78, 5) is 23.5. The number of hydrogen-bond donors (Lipinski definition) is 2. The fourth-order valence-electron chi connectivity index (χ4n) is 2.31. The van der Waals surface area contributed by atoms with Gasteiger partial charge in [-0.15, -0.1) is 0 Å². The van der Waals surface area contributed by atoms with Crippen molar-refractivity contribution in [3.63, 3.8) is 0 Å². The summed E-state index contributed by atoms with van der Waals surface area (Å²) in [6.07, 6.45) is 0.419. The van der Waals surface area contributed by atoms with Crippen LogP contribution in [0.1, 0.15) is 39.7 Å². The summed E-state index contributed by atoms with van der Waals surface area (Å²) in [5, 5.41) is 5.53. The van der Waals surface area contributed by atoms with Gasteiger partial charge in [-0.05, 0) is 63.3 Å². The third-order valence-electron chi connectivity index (χ3n) is 3.93. The molecule has 2 rings (SSSR count). The number of carbonyl (C=O) groups is 2. The summed E-state index contributed by atoms with van der Waals surface area (Å²) in [6, 6.07) is 12.8. The summed E-state index contributed by atoms with van der Waals surface area (Å²) in [6.45, 7) is 8.12. The lowest BCUT2D eigenvalue weighted by Gasteiger charge is -2.20. The molecule has 0 aliphatic heterocycles. The van der Waals surface area contributed by atoms with E-state index in [1.807, 2.05) is 18.2 Å². The molecule has 0 aliphatic carbocycles. The first-order valence-corrected chi connectivity index (χ1v) is 9.61. The van der Waals surface area contributed by atoms with E-state index in [2.05, 4.69) is 47.3 Å². The summed E-state index contributed by atoms with van der Waals surface area (Å²) in [5.74, 6) is 0.311. The number of carbonyl (C=O) groups excluding carboxylic acids is 2. The van der Waals surface area contributed by atoms with Crippen molar-refractivity contribution in [1.29, 1.82) is 0 Å². The number of anilines is 2. The molecular formula is C21H25BrN2O3. The van der Waals surface area contributed by atoms with Crippen LogP contribution >= 0.6 is 15.9 Å². The number of benzene rings is 2. The Hall–Kier alpha value is -2.34. The molecule has 2 N–H and O–H groups in total. The van der Waals surface area contributed by atoms with Gasteiger partial charge in [0.1, 0.15) is 5.75 Å². The largest absolute Gasteiger partial charge is 0.483 e. The van der Waals surface area contributed by atoms with E-state index >= 15 is 0 Å². The van der Waals surface area contributed by atoms with Crippen LogP contribution in [0.25, 0.3) is 0 Å². The van der Waals surface area contributed by atoms with Gasteiger partial charge >= 0.3 is 0 Å². The lowest BCUT2D eigenvalue weighted by molar-refractivity contribution is -0.118. The van der Waals surface area contributed by atoms with Crippen molar-refractivity contribution in [1.82, 2.24) is 0 Å². The molecule has 5 nitrogen and oxygen atoms in total. The second kappa shape index (κ2) is 9.04. The Morgan fingerprint density at radius 2 is 1.52 bits per heavy atom. The van der Waals surface area contributed by atoms with Gasteiger partial charge in [0.2, 0.25) is 5.91 Å². The monoisotopic (exact) mass is 432 g/mol. The average molecular weight is 433 g/mol. The molecule has 0 spiro atoms. The van der Waals surface area contributed by atoms with Crippen molar-refractivity contribution < 1.29 is 14.3 Å². The summed E-state index contributed by atoms with van der Waals surface area (Å²) >= 11 is 3.50.